The van der Waals surface area contributed by atoms with Gasteiger partial charge >= 0.3 is 6.09 Å². The predicted molar refractivity (Wildman–Crippen MR) is 94.4 cm³/mol. The van der Waals surface area contributed by atoms with E-state index in [2.05, 4.69) is 10.3 Å². The van der Waals surface area contributed by atoms with E-state index in [0.717, 1.165) is 11.0 Å². The Labute approximate surface area is 147 Å². The number of carbonyl (C=O) groups excluding carboxylic acids is 2. The first-order chi connectivity index (χ1) is 11.7. The molecule has 0 saturated carbocycles. The molecule has 0 bridgehead atoms. The second-order valence-corrected chi connectivity index (χ2v) is 6.96. The van der Waals surface area contributed by atoms with Gasteiger partial charge in [0.25, 0.3) is 0 Å². The molecule has 0 aliphatic heterocycles. The number of hydrogen-bond donors (Lipinski definition) is 1. The summed E-state index contributed by atoms with van der Waals surface area (Å²) in [7, 11) is 0. The monoisotopic (exact) mass is 347 g/mol. The summed E-state index contributed by atoms with van der Waals surface area (Å²) in [6, 6.07) is 7.38. The first kappa shape index (κ1) is 18.9. The number of ketones is 1. The maximum Gasteiger partial charge on any atom is 0.407 e. The van der Waals surface area contributed by atoms with E-state index in [4.69, 9.17) is 9.47 Å². The number of nitrogens with zero attached hydrogens (tertiary/aromatic N) is 2. The van der Waals surface area contributed by atoms with E-state index in [1.54, 1.807) is 38.6 Å². The van der Waals surface area contributed by atoms with Crippen LogP contribution in [0.2, 0.25) is 0 Å². The number of hydrogen-bond acceptors (Lipinski definition) is 5. The Balaban J connectivity index is 1.72. The van der Waals surface area contributed by atoms with Crippen molar-refractivity contribution in [2.24, 2.45) is 0 Å². The Morgan fingerprint density at radius 1 is 1.28 bits per heavy atom. The van der Waals surface area contributed by atoms with Gasteiger partial charge in [-0.05, 0) is 39.8 Å². The summed E-state index contributed by atoms with van der Waals surface area (Å²) in [4.78, 5) is 27.9. The molecular formula is C18H25N3O4. The molecule has 1 aromatic heterocycles. The topological polar surface area (TPSA) is 82.5 Å². The number of para-hydroxylation sites is 2. The minimum absolute atomic E-state index is 0.0210. The first-order valence-electron chi connectivity index (χ1n) is 8.23. The molecule has 0 aliphatic carbocycles. The molecule has 0 spiro atoms. The van der Waals surface area contributed by atoms with E-state index in [0.29, 0.717) is 0 Å². The molecule has 25 heavy (non-hydrogen) atoms. The van der Waals surface area contributed by atoms with Crippen LogP contribution in [0.3, 0.4) is 0 Å². The molecule has 1 heterocycles. The standard InChI is InChI=1S/C18H25N3O4/c1-13(20-17(23)25-18(2,3)4)10-24-11-14(22)9-21-12-19-15-7-5-6-8-16(15)21/h5-8,12-13H,9-11H2,1-4H3,(H,20,23)/t13-/m1/s1. The van der Waals surface area contributed by atoms with Gasteiger partial charge in [-0.1, -0.05) is 12.1 Å². The van der Waals surface area contributed by atoms with Gasteiger partial charge in [-0.3, -0.25) is 4.79 Å². The van der Waals surface area contributed by atoms with E-state index >= 15 is 0 Å². The van der Waals surface area contributed by atoms with Crippen LogP contribution in [-0.2, 0) is 20.8 Å². The average molecular weight is 347 g/mol. The lowest BCUT2D eigenvalue weighted by molar-refractivity contribution is -0.124. The molecule has 0 saturated heterocycles. The van der Waals surface area contributed by atoms with Gasteiger partial charge in [0.2, 0.25) is 0 Å². The van der Waals surface area contributed by atoms with Crippen LogP contribution in [0.25, 0.3) is 11.0 Å². The minimum atomic E-state index is -0.547. The molecule has 1 N–H and O–H groups in total. The molecule has 0 fully saturated rings. The SMILES string of the molecule is C[C@H](COCC(=O)Cn1cnc2ccccc21)NC(=O)OC(C)(C)C. The van der Waals surface area contributed by atoms with Crippen LogP contribution in [-0.4, -0.2) is 46.3 Å². The molecule has 0 radical (unpaired) electrons. The van der Waals surface area contributed by atoms with Crippen LogP contribution in [0.4, 0.5) is 4.79 Å². The summed E-state index contributed by atoms with van der Waals surface area (Å²) in [5, 5.41) is 2.67. The molecule has 1 aromatic carbocycles. The lowest BCUT2D eigenvalue weighted by Gasteiger charge is -2.21. The Bertz CT molecular complexity index is 733. The smallest absolute Gasteiger partial charge is 0.407 e. The maximum absolute atomic E-state index is 12.1. The van der Waals surface area contributed by atoms with Gasteiger partial charge in [-0.2, -0.15) is 0 Å². The number of carbonyl (C=O) groups is 2. The quantitative estimate of drug-likeness (QED) is 0.832. The van der Waals surface area contributed by atoms with Gasteiger partial charge < -0.3 is 19.4 Å². The summed E-state index contributed by atoms with van der Waals surface area (Å²) in [6.45, 7) is 7.60. The summed E-state index contributed by atoms with van der Waals surface area (Å²) in [5.41, 5.74) is 1.22. The van der Waals surface area contributed by atoms with E-state index < -0.39 is 11.7 Å². The molecule has 136 valence electrons. The van der Waals surface area contributed by atoms with Gasteiger partial charge in [0, 0.05) is 0 Å². The molecule has 0 aliphatic rings. The number of fused-ring (bicyclic) bond motifs is 1. The first-order valence-corrected chi connectivity index (χ1v) is 8.23. The number of aromatic nitrogens is 2. The Hall–Kier alpha value is -2.41. The minimum Gasteiger partial charge on any atom is -0.444 e. The van der Waals surface area contributed by atoms with Crippen LogP contribution >= 0.6 is 0 Å². The number of nitrogens with one attached hydrogen (secondary N) is 1. The van der Waals surface area contributed by atoms with Crippen LogP contribution in [0.5, 0.6) is 0 Å². The van der Waals surface area contributed by atoms with Gasteiger partial charge in [-0.25, -0.2) is 9.78 Å². The van der Waals surface area contributed by atoms with Crippen molar-refractivity contribution >= 4 is 22.9 Å². The molecule has 0 unspecified atom stereocenters. The van der Waals surface area contributed by atoms with Gasteiger partial charge in [-0.15, -0.1) is 0 Å². The van der Waals surface area contributed by atoms with E-state index in [9.17, 15) is 9.59 Å². The number of ether oxygens (including phenoxy) is 2. The molecule has 2 aromatic rings. The predicted octanol–water partition coefficient (Wildman–Crippen LogP) is 2.54. The van der Waals surface area contributed by atoms with Gasteiger partial charge in [0.05, 0.1) is 36.6 Å². The van der Waals surface area contributed by atoms with E-state index in [1.165, 1.54) is 0 Å². The van der Waals surface area contributed by atoms with Crippen molar-refractivity contribution in [2.75, 3.05) is 13.2 Å². The Morgan fingerprint density at radius 3 is 2.72 bits per heavy atom. The van der Waals surface area contributed by atoms with Crippen LogP contribution in [0.15, 0.2) is 30.6 Å². The van der Waals surface area contributed by atoms with Gasteiger partial charge in [0.1, 0.15) is 12.2 Å². The van der Waals surface area contributed by atoms with Crippen molar-refractivity contribution in [3.8, 4) is 0 Å². The summed E-state index contributed by atoms with van der Waals surface area (Å²) >= 11 is 0. The lowest BCUT2D eigenvalue weighted by atomic mass is 10.2. The normalized spacial score (nSPS) is 12.8. The van der Waals surface area contributed by atoms with Gasteiger partial charge in [0.15, 0.2) is 5.78 Å². The van der Waals surface area contributed by atoms with Crippen molar-refractivity contribution in [3.63, 3.8) is 0 Å². The molecule has 7 heteroatoms. The number of benzene rings is 1. The lowest BCUT2D eigenvalue weighted by Crippen LogP contribution is -2.40. The van der Waals surface area contributed by atoms with E-state index in [1.807, 2.05) is 24.3 Å². The van der Waals surface area contributed by atoms with Crippen molar-refractivity contribution in [1.82, 2.24) is 14.9 Å². The van der Waals surface area contributed by atoms with Crippen molar-refractivity contribution in [1.29, 1.82) is 0 Å². The summed E-state index contributed by atoms with van der Waals surface area (Å²) < 4.78 is 12.4. The molecule has 2 rings (SSSR count). The van der Waals surface area contributed by atoms with Crippen molar-refractivity contribution in [2.45, 2.75) is 45.9 Å². The third-order valence-corrected chi connectivity index (χ3v) is 3.27. The second kappa shape index (κ2) is 8.11. The van der Waals surface area contributed by atoms with E-state index in [-0.39, 0.29) is 31.6 Å². The third-order valence-electron chi connectivity index (χ3n) is 3.27. The zero-order chi connectivity index (χ0) is 18.4. The summed E-state index contributed by atoms with van der Waals surface area (Å²) in [6.07, 6.45) is 1.15. The zero-order valence-electron chi connectivity index (χ0n) is 15.1. The number of alkyl carbamates (subject to hydrolysis) is 1. The average Bonchev–Trinajstić information content (AvgIpc) is 2.88. The zero-order valence-corrected chi connectivity index (χ0v) is 15.1. The fraction of sp³-hybridized carbons (Fsp3) is 0.500. The van der Waals surface area contributed by atoms with Crippen molar-refractivity contribution in [3.05, 3.63) is 30.6 Å². The molecule has 7 nitrogen and oxygen atoms in total. The maximum atomic E-state index is 12.1. The van der Waals surface area contributed by atoms with Crippen LogP contribution < -0.4 is 5.32 Å². The summed E-state index contributed by atoms with van der Waals surface area (Å²) in [5.74, 6) is -0.0624. The van der Waals surface area contributed by atoms with Crippen molar-refractivity contribution < 1.29 is 19.1 Å². The fourth-order valence-corrected chi connectivity index (χ4v) is 2.27. The Kier molecular flexibility index (Phi) is 6.14. The highest BCUT2D eigenvalue weighted by Crippen LogP contribution is 2.11. The second-order valence-electron chi connectivity index (χ2n) is 6.96. The van der Waals surface area contributed by atoms with Crippen LogP contribution in [0.1, 0.15) is 27.7 Å². The number of Topliss-reactive ketones (excluding diaryl/α,β-unsaturated/α-hetero) is 1. The fourth-order valence-electron chi connectivity index (χ4n) is 2.27. The molecule has 1 amide bonds. The largest absolute Gasteiger partial charge is 0.444 e. The third kappa shape index (κ3) is 6.19. The number of rotatable bonds is 7. The highest BCUT2D eigenvalue weighted by molar-refractivity contribution is 5.82. The number of amides is 1. The Morgan fingerprint density at radius 2 is 2.00 bits per heavy atom. The van der Waals surface area contributed by atoms with Crippen LogP contribution in [0, 0.1) is 0 Å². The highest BCUT2D eigenvalue weighted by atomic mass is 16.6. The highest BCUT2D eigenvalue weighted by Gasteiger charge is 2.17. The molecular weight excluding hydrogens is 322 g/mol. The number of imidazole rings is 1. The molecule has 1 atom stereocenters.